The minimum Gasteiger partial charge on any atom is -0.322 e. The summed E-state index contributed by atoms with van der Waals surface area (Å²) in [6, 6.07) is 10.8. The molecule has 1 aliphatic rings. The minimum atomic E-state index is -0.163. The topological polar surface area (TPSA) is 42.0 Å². The molecule has 0 atom stereocenters. The molecule has 2 aromatic rings. The first-order valence-electron chi connectivity index (χ1n) is 7.62. The van der Waals surface area contributed by atoms with E-state index in [0.717, 1.165) is 24.0 Å². The highest BCUT2D eigenvalue weighted by molar-refractivity contribution is 6.30. The molecule has 0 fully saturated rings. The molecule has 1 N–H and O–H groups in total. The van der Waals surface area contributed by atoms with Gasteiger partial charge in [0.1, 0.15) is 0 Å². The molecule has 1 amide bonds. The molecule has 0 saturated heterocycles. The van der Waals surface area contributed by atoms with Crippen molar-refractivity contribution in [3.05, 3.63) is 82.7 Å². The van der Waals surface area contributed by atoms with Gasteiger partial charge in [0.15, 0.2) is 0 Å². The summed E-state index contributed by atoms with van der Waals surface area (Å²) in [4.78, 5) is 16.6. The first-order chi connectivity index (χ1) is 11.7. The molecule has 4 heteroatoms. The van der Waals surface area contributed by atoms with Crippen molar-refractivity contribution in [1.29, 1.82) is 0 Å². The zero-order valence-electron chi connectivity index (χ0n) is 12.9. The average Bonchev–Trinajstić information content (AvgIpc) is 2.63. The van der Waals surface area contributed by atoms with Gasteiger partial charge in [-0.2, -0.15) is 0 Å². The largest absolute Gasteiger partial charge is 0.322 e. The maximum Gasteiger partial charge on any atom is 0.256 e. The predicted molar refractivity (Wildman–Crippen MR) is 96.6 cm³/mol. The van der Waals surface area contributed by atoms with Crippen molar-refractivity contribution >= 4 is 23.2 Å². The second-order valence-corrected chi connectivity index (χ2v) is 5.70. The molecule has 24 heavy (non-hydrogen) atoms. The summed E-state index contributed by atoms with van der Waals surface area (Å²) in [5.74, 6) is 5.97. The van der Waals surface area contributed by atoms with Crippen LogP contribution in [-0.2, 0) is 4.79 Å². The van der Waals surface area contributed by atoms with Crippen molar-refractivity contribution in [2.45, 2.75) is 12.8 Å². The number of halogens is 1. The van der Waals surface area contributed by atoms with Gasteiger partial charge in [-0.15, -0.1) is 0 Å². The van der Waals surface area contributed by atoms with Gasteiger partial charge < -0.3 is 5.32 Å². The van der Waals surface area contributed by atoms with Crippen molar-refractivity contribution in [1.82, 2.24) is 4.98 Å². The summed E-state index contributed by atoms with van der Waals surface area (Å²) in [6.07, 6.45) is 9.05. The summed E-state index contributed by atoms with van der Waals surface area (Å²) in [6.45, 7) is 0. The third-order valence-electron chi connectivity index (χ3n) is 3.50. The number of amides is 1. The molecule has 1 aromatic heterocycles. The van der Waals surface area contributed by atoms with Crippen molar-refractivity contribution in [3.8, 4) is 11.8 Å². The first kappa shape index (κ1) is 16.0. The normalized spacial score (nSPS) is 13.2. The van der Waals surface area contributed by atoms with E-state index in [9.17, 15) is 4.79 Å². The maximum atomic E-state index is 12.5. The molecule has 0 saturated carbocycles. The van der Waals surface area contributed by atoms with Gasteiger partial charge in [-0.1, -0.05) is 35.6 Å². The second kappa shape index (κ2) is 7.63. The highest BCUT2D eigenvalue weighted by atomic mass is 35.5. The summed E-state index contributed by atoms with van der Waals surface area (Å²) < 4.78 is 0. The molecule has 0 radical (unpaired) electrons. The number of nitrogens with zero attached hydrogens (tertiary/aromatic N) is 1. The smallest absolute Gasteiger partial charge is 0.256 e. The van der Waals surface area contributed by atoms with E-state index in [1.807, 2.05) is 24.3 Å². The molecule has 118 valence electrons. The van der Waals surface area contributed by atoms with Gasteiger partial charge in [0.25, 0.3) is 5.91 Å². The monoisotopic (exact) mass is 334 g/mol. The van der Waals surface area contributed by atoms with Crippen LogP contribution in [0.5, 0.6) is 0 Å². The number of carbonyl (C=O) groups excluding carboxylic acids is 1. The molecular formula is C20H15ClN2O. The van der Waals surface area contributed by atoms with Crippen LogP contribution in [0.2, 0.25) is 5.02 Å². The third kappa shape index (κ3) is 4.13. The quantitative estimate of drug-likeness (QED) is 0.828. The Morgan fingerprint density at radius 1 is 1.08 bits per heavy atom. The molecule has 0 unspecified atom stereocenters. The highest BCUT2D eigenvalue weighted by Crippen LogP contribution is 2.21. The Morgan fingerprint density at radius 3 is 2.62 bits per heavy atom. The van der Waals surface area contributed by atoms with E-state index in [1.165, 1.54) is 0 Å². The Hall–Kier alpha value is -2.83. The maximum absolute atomic E-state index is 12.5. The average molecular weight is 335 g/mol. The van der Waals surface area contributed by atoms with Gasteiger partial charge in [-0.05, 0) is 49.2 Å². The number of aromatic nitrogens is 1. The van der Waals surface area contributed by atoms with Crippen molar-refractivity contribution in [3.63, 3.8) is 0 Å². The lowest BCUT2D eigenvalue weighted by molar-refractivity contribution is -0.112. The number of allylic oxidation sites excluding steroid dienone is 2. The molecule has 1 aromatic carbocycles. The lowest BCUT2D eigenvalue weighted by Gasteiger charge is -2.12. The molecule has 0 bridgehead atoms. The fraction of sp³-hybridized carbons (Fsp3) is 0.100. The van der Waals surface area contributed by atoms with E-state index < -0.39 is 0 Å². The number of pyridine rings is 1. The Morgan fingerprint density at radius 2 is 1.88 bits per heavy atom. The van der Waals surface area contributed by atoms with Crippen LogP contribution in [-0.4, -0.2) is 10.9 Å². The fourth-order valence-corrected chi connectivity index (χ4v) is 2.44. The molecule has 1 heterocycles. The molecule has 3 nitrogen and oxygen atoms in total. The Labute approximate surface area is 146 Å². The number of anilines is 1. The minimum absolute atomic E-state index is 0.163. The van der Waals surface area contributed by atoms with Gasteiger partial charge in [0, 0.05) is 34.2 Å². The van der Waals surface area contributed by atoms with Crippen molar-refractivity contribution < 1.29 is 4.79 Å². The van der Waals surface area contributed by atoms with Gasteiger partial charge in [-0.25, -0.2) is 0 Å². The number of hydrogen-bond donors (Lipinski definition) is 1. The summed E-state index contributed by atoms with van der Waals surface area (Å²) >= 11 is 5.86. The van der Waals surface area contributed by atoms with E-state index >= 15 is 0 Å². The number of carbonyl (C=O) groups is 1. The predicted octanol–water partition coefficient (Wildman–Crippen LogP) is 4.37. The zero-order valence-corrected chi connectivity index (χ0v) is 13.7. The van der Waals surface area contributed by atoms with Crippen molar-refractivity contribution in [2.75, 3.05) is 5.32 Å². The number of hydrogen-bond acceptors (Lipinski definition) is 2. The SMILES string of the molecule is O=C(Nc1ccc(Cl)cc1)C1=CCCC=C1C#Cc1cccnc1. The standard InChI is InChI=1S/C20H15ClN2O/c21-17-9-11-18(12-10-17)23-20(24)19-6-2-1-5-16(19)8-7-15-4-3-13-22-14-15/h3-6,9-14H,1-2H2,(H,23,24). The Bertz CT molecular complexity index is 856. The third-order valence-corrected chi connectivity index (χ3v) is 3.76. The zero-order chi connectivity index (χ0) is 16.8. The van der Waals surface area contributed by atoms with Crippen LogP contribution < -0.4 is 5.32 Å². The fourth-order valence-electron chi connectivity index (χ4n) is 2.32. The summed E-state index contributed by atoms with van der Waals surface area (Å²) in [5.41, 5.74) is 2.88. The molecule has 0 spiro atoms. The molecule has 0 aliphatic heterocycles. The van der Waals surface area contributed by atoms with Gasteiger partial charge in [0.05, 0.1) is 5.57 Å². The molecule has 1 aliphatic carbocycles. The van der Waals surface area contributed by atoms with Gasteiger partial charge in [-0.3, -0.25) is 9.78 Å². The number of nitrogens with one attached hydrogen (secondary N) is 1. The Kier molecular flexibility index (Phi) is 5.10. The molecule has 3 rings (SSSR count). The van der Waals surface area contributed by atoms with Gasteiger partial charge in [0.2, 0.25) is 0 Å². The van der Waals surface area contributed by atoms with E-state index in [1.54, 1.807) is 36.7 Å². The lowest BCUT2D eigenvalue weighted by Crippen LogP contribution is -2.16. The van der Waals surface area contributed by atoms with Crippen LogP contribution in [0.1, 0.15) is 18.4 Å². The van der Waals surface area contributed by atoms with Crippen molar-refractivity contribution in [2.24, 2.45) is 0 Å². The highest BCUT2D eigenvalue weighted by Gasteiger charge is 2.15. The van der Waals surface area contributed by atoms with Crippen LogP contribution in [0.15, 0.2) is 72.1 Å². The van der Waals surface area contributed by atoms with E-state index in [-0.39, 0.29) is 5.91 Å². The van der Waals surface area contributed by atoms with Crippen LogP contribution >= 0.6 is 11.6 Å². The number of benzene rings is 1. The van der Waals surface area contributed by atoms with Crippen LogP contribution in [0.3, 0.4) is 0 Å². The molecular weight excluding hydrogens is 320 g/mol. The van der Waals surface area contributed by atoms with Crippen LogP contribution in [0.4, 0.5) is 5.69 Å². The van der Waals surface area contributed by atoms with E-state index in [0.29, 0.717) is 16.3 Å². The summed E-state index contributed by atoms with van der Waals surface area (Å²) in [5, 5.41) is 3.51. The van der Waals surface area contributed by atoms with Gasteiger partial charge >= 0.3 is 0 Å². The first-order valence-corrected chi connectivity index (χ1v) is 8.00. The van der Waals surface area contributed by atoms with E-state index in [4.69, 9.17) is 11.6 Å². The van der Waals surface area contributed by atoms with Crippen LogP contribution in [0, 0.1) is 11.8 Å². The lowest BCUT2D eigenvalue weighted by atomic mass is 9.97. The summed E-state index contributed by atoms with van der Waals surface area (Å²) in [7, 11) is 0. The second-order valence-electron chi connectivity index (χ2n) is 5.27. The van der Waals surface area contributed by atoms with E-state index in [2.05, 4.69) is 22.1 Å². The van der Waals surface area contributed by atoms with Crippen LogP contribution in [0.25, 0.3) is 0 Å². The number of rotatable bonds is 2. The Balaban J connectivity index is 1.77.